The number of nitrogens with one attached hydrogen (secondary N) is 1. The van der Waals surface area contributed by atoms with Crippen LogP contribution in [0.1, 0.15) is 10.4 Å². The molecule has 1 heterocycles. The summed E-state index contributed by atoms with van der Waals surface area (Å²) in [5.74, 6) is 0.287. The summed E-state index contributed by atoms with van der Waals surface area (Å²) in [7, 11) is 1.42. The summed E-state index contributed by atoms with van der Waals surface area (Å²) >= 11 is 0. The number of benzene rings is 1. The molecule has 6 heteroatoms. The Morgan fingerprint density at radius 1 is 1.39 bits per heavy atom. The maximum Gasteiger partial charge on any atom is 0.256 e. The van der Waals surface area contributed by atoms with Crippen LogP contribution in [0.4, 0.5) is 5.82 Å². The largest absolute Gasteiger partial charge is 0.504 e. The fourth-order valence-corrected chi connectivity index (χ4v) is 1.37. The van der Waals surface area contributed by atoms with Gasteiger partial charge in [0.25, 0.3) is 5.91 Å². The highest BCUT2D eigenvalue weighted by atomic mass is 16.5. The number of aromatic nitrogens is 2. The van der Waals surface area contributed by atoms with Crippen molar-refractivity contribution in [1.29, 1.82) is 0 Å². The Labute approximate surface area is 103 Å². The lowest BCUT2D eigenvalue weighted by molar-refractivity contribution is 0.102. The second kappa shape index (κ2) is 5.13. The summed E-state index contributed by atoms with van der Waals surface area (Å²) in [5.41, 5.74) is 0.364. The van der Waals surface area contributed by atoms with Crippen molar-refractivity contribution in [3.05, 3.63) is 42.4 Å². The number of methoxy groups -OCH3 is 1. The Morgan fingerprint density at radius 3 is 2.89 bits per heavy atom. The van der Waals surface area contributed by atoms with E-state index in [1.165, 1.54) is 37.8 Å². The number of hydrogen-bond donors (Lipinski definition) is 2. The van der Waals surface area contributed by atoms with E-state index in [2.05, 4.69) is 15.3 Å². The number of rotatable bonds is 3. The maximum absolute atomic E-state index is 11.9. The van der Waals surface area contributed by atoms with E-state index >= 15 is 0 Å². The van der Waals surface area contributed by atoms with Gasteiger partial charge in [-0.3, -0.25) is 4.79 Å². The number of aromatic hydroxyl groups is 1. The minimum absolute atomic E-state index is 0.0175. The van der Waals surface area contributed by atoms with Gasteiger partial charge in [-0.2, -0.15) is 0 Å². The minimum Gasteiger partial charge on any atom is -0.504 e. The van der Waals surface area contributed by atoms with Crippen molar-refractivity contribution >= 4 is 11.7 Å². The van der Waals surface area contributed by atoms with E-state index in [9.17, 15) is 9.90 Å². The minimum atomic E-state index is -0.341. The maximum atomic E-state index is 11.9. The zero-order chi connectivity index (χ0) is 13.0. The third-order valence-electron chi connectivity index (χ3n) is 2.27. The molecule has 0 saturated carbocycles. The molecule has 0 atom stereocenters. The number of hydrogen-bond acceptors (Lipinski definition) is 5. The molecule has 0 unspecified atom stereocenters. The first-order chi connectivity index (χ1) is 8.70. The van der Waals surface area contributed by atoms with Gasteiger partial charge in [-0.15, -0.1) is 0 Å². The lowest BCUT2D eigenvalue weighted by Gasteiger charge is -2.07. The Hall–Kier alpha value is -2.63. The third kappa shape index (κ3) is 2.54. The van der Waals surface area contributed by atoms with E-state index in [1.807, 2.05) is 0 Å². The molecule has 0 aliphatic heterocycles. The van der Waals surface area contributed by atoms with Gasteiger partial charge in [0.2, 0.25) is 0 Å². The van der Waals surface area contributed by atoms with Crippen molar-refractivity contribution in [1.82, 2.24) is 9.97 Å². The lowest BCUT2D eigenvalue weighted by Crippen LogP contribution is -2.12. The molecule has 1 aromatic carbocycles. The molecule has 1 aromatic heterocycles. The van der Waals surface area contributed by atoms with Gasteiger partial charge >= 0.3 is 0 Å². The van der Waals surface area contributed by atoms with Crippen molar-refractivity contribution in [3.63, 3.8) is 0 Å². The second-order valence-electron chi connectivity index (χ2n) is 3.44. The first-order valence-electron chi connectivity index (χ1n) is 5.15. The molecule has 6 nitrogen and oxygen atoms in total. The molecule has 0 bridgehead atoms. The number of carbonyl (C=O) groups is 1. The average Bonchev–Trinajstić information content (AvgIpc) is 2.40. The van der Waals surface area contributed by atoms with Gasteiger partial charge in [-0.1, -0.05) is 0 Å². The van der Waals surface area contributed by atoms with Crippen LogP contribution in [0.3, 0.4) is 0 Å². The van der Waals surface area contributed by atoms with E-state index in [0.717, 1.165) is 0 Å². The monoisotopic (exact) mass is 245 g/mol. The molecular formula is C12H11N3O3. The molecule has 0 aliphatic rings. The van der Waals surface area contributed by atoms with Gasteiger partial charge < -0.3 is 15.2 Å². The van der Waals surface area contributed by atoms with E-state index in [-0.39, 0.29) is 17.4 Å². The zero-order valence-electron chi connectivity index (χ0n) is 9.62. The molecule has 0 saturated heterocycles. The van der Waals surface area contributed by atoms with Crippen molar-refractivity contribution in [2.45, 2.75) is 0 Å². The number of amides is 1. The number of anilines is 1. The predicted octanol–water partition coefficient (Wildman–Crippen LogP) is 1.44. The Morgan fingerprint density at radius 2 is 2.22 bits per heavy atom. The van der Waals surface area contributed by atoms with Gasteiger partial charge in [0, 0.05) is 11.8 Å². The number of ether oxygens (including phenoxy) is 1. The van der Waals surface area contributed by atoms with E-state index in [0.29, 0.717) is 11.4 Å². The summed E-state index contributed by atoms with van der Waals surface area (Å²) < 4.78 is 4.93. The van der Waals surface area contributed by atoms with Gasteiger partial charge in [0.1, 0.15) is 12.1 Å². The SMILES string of the molecule is COc1cc(C(=O)Nc2ccncn2)ccc1O. The summed E-state index contributed by atoms with van der Waals surface area (Å²) in [5, 5.41) is 12.0. The van der Waals surface area contributed by atoms with E-state index in [4.69, 9.17) is 4.74 Å². The highest BCUT2D eigenvalue weighted by Crippen LogP contribution is 2.26. The summed E-state index contributed by atoms with van der Waals surface area (Å²) in [6.45, 7) is 0. The van der Waals surface area contributed by atoms with Crippen molar-refractivity contribution in [2.24, 2.45) is 0 Å². The first kappa shape index (κ1) is 11.8. The van der Waals surface area contributed by atoms with Crippen molar-refractivity contribution in [2.75, 3.05) is 12.4 Å². The Kier molecular flexibility index (Phi) is 3.38. The molecular weight excluding hydrogens is 234 g/mol. The Bertz CT molecular complexity index is 558. The number of phenolic OH excluding ortho intramolecular Hbond substituents is 1. The first-order valence-corrected chi connectivity index (χ1v) is 5.15. The summed E-state index contributed by atoms with van der Waals surface area (Å²) in [6, 6.07) is 5.92. The highest BCUT2D eigenvalue weighted by Gasteiger charge is 2.10. The highest BCUT2D eigenvalue weighted by molar-refractivity contribution is 6.04. The van der Waals surface area contributed by atoms with Gasteiger partial charge in [0.05, 0.1) is 7.11 Å². The predicted molar refractivity (Wildman–Crippen MR) is 64.6 cm³/mol. The number of nitrogens with zero attached hydrogens (tertiary/aromatic N) is 2. The second-order valence-corrected chi connectivity index (χ2v) is 3.44. The molecule has 0 fully saturated rings. The van der Waals surface area contributed by atoms with Crippen LogP contribution < -0.4 is 10.1 Å². The quantitative estimate of drug-likeness (QED) is 0.854. The van der Waals surface area contributed by atoms with Crippen molar-refractivity contribution < 1.29 is 14.6 Å². The van der Waals surface area contributed by atoms with Gasteiger partial charge in [-0.05, 0) is 24.3 Å². The smallest absolute Gasteiger partial charge is 0.256 e. The van der Waals surface area contributed by atoms with Crippen LogP contribution in [-0.4, -0.2) is 28.1 Å². The van der Waals surface area contributed by atoms with Crippen molar-refractivity contribution in [3.8, 4) is 11.5 Å². The number of carbonyl (C=O) groups excluding carboxylic acids is 1. The van der Waals surface area contributed by atoms with Gasteiger partial charge in [0.15, 0.2) is 11.5 Å². The van der Waals surface area contributed by atoms with Crippen LogP contribution in [0.5, 0.6) is 11.5 Å². The van der Waals surface area contributed by atoms with Crippen LogP contribution in [0, 0.1) is 0 Å². The van der Waals surface area contributed by atoms with Crippen LogP contribution in [0.2, 0.25) is 0 Å². The average molecular weight is 245 g/mol. The summed E-state index contributed by atoms with van der Waals surface area (Å²) in [6.07, 6.45) is 2.87. The molecule has 2 rings (SSSR count). The Balaban J connectivity index is 2.19. The third-order valence-corrected chi connectivity index (χ3v) is 2.27. The molecule has 92 valence electrons. The number of phenols is 1. The van der Waals surface area contributed by atoms with Gasteiger partial charge in [-0.25, -0.2) is 9.97 Å². The molecule has 1 amide bonds. The molecule has 2 aromatic rings. The normalized spacial score (nSPS) is 9.83. The zero-order valence-corrected chi connectivity index (χ0v) is 9.62. The molecule has 2 N–H and O–H groups in total. The van der Waals surface area contributed by atoms with Crippen LogP contribution in [0.25, 0.3) is 0 Å². The topological polar surface area (TPSA) is 84.3 Å². The van der Waals surface area contributed by atoms with E-state index in [1.54, 1.807) is 6.07 Å². The fraction of sp³-hybridized carbons (Fsp3) is 0.0833. The standard InChI is InChI=1S/C12H11N3O3/c1-18-10-6-8(2-3-9(10)16)12(17)15-11-4-5-13-7-14-11/h2-7,16H,1H3,(H,13,14,15,17). The van der Waals surface area contributed by atoms with Crippen LogP contribution in [-0.2, 0) is 0 Å². The molecule has 0 aliphatic carbocycles. The van der Waals surface area contributed by atoms with Crippen LogP contribution in [0.15, 0.2) is 36.8 Å². The fourth-order valence-electron chi connectivity index (χ4n) is 1.37. The molecule has 0 spiro atoms. The summed E-state index contributed by atoms with van der Waals surface area (Å²) in [4.78, 5) is 19.5. The lowest BCUT2D eigenvalue weighted by atomic mass is 10.2. The molecule has 0 radical (unpaired) electrons. The van der Waals surface area contributed by atoms with E-state index < -0.39 is 0 Å². The molecule has 18 heavy (non-hydrogen) atoms. The van der Waals surface area contributed by atoms with Crippen LogP contribution >= 0.6 is 0 Å².